The molecule has 66 valence electrons. The zero-order valence-corrected chi connectivity index (χ0v) is 7.98. The van der Waals surface area contributed by atoms with Crippen molar-refractivity contribution in [2.24, 2.45) is 11.1 Å². The van der Waals surface area contributed by atoms with Crippen LogP contribution >= 0.6 is 0 Å². The molecule has 1 aliphatic carbocycles. The van der Waals surface area contributed by atoms with Crippen LogP contribution in [-0.2, 0) is 4.74 Å². The van der Waals surface area contributed by atoms with Crippen molar-refractivity contribution in [2.45, 2.75) is 45.8 Å². The predicted molar refractivity (Wildman–Crippen MR) is 46.4 cm³/mol. The molecule has 2 N–H and O–H groups in total. The Kier molecular flexibility index (Phi) is 2.01. The molecule has 0 bridgehead atoms. The number of rotatable bonds is 3. The maximum absolute atomic E-state index is 6.13. The zero-order valence-electron chi connectivity index (χ0n) is 7.98. The second-order valence-corrected chi connectivity index (χ2v) is 4.20. The molecule has 0 aliphatic heterocycles. The Labute approximate surface area is 69.1 Å². The maximum atomic E-state index is 6.13. The molecule has 2 atom stereocenters. The topological polar surface area (TPSA) is 35.2 Å². The standard InChI is InChI=1S/C9H19NO/c1-5-11-7(2)9(10)6-8(9,3)4/h7H,5-6,10H2,1-4H3. The first-order chi connectivity index (χ1) is 4.94. The molecule has 1 fully saturated rings. The van der Waals surface area contributed by atoms with E-state index in [0.717, 1.165) is 13.0 Å². The summed E-state index contributed by atoms with van der Waals surface area (Å²) >= 11 is 0. The highest BCUT2D eigenvalue weighted by atomic mass is 16.5. The summed E-state index contributed by atoms with van der Waals surface area (Å²) in [5, 5.41) is 0. The van der Waals surface area contributed by atoms with Crippen molar-refractivity contribution in [3.8, 4) is 0 Å². The van der Waals surface area contributed by atoms with E-state index in [1.807, 2.05) is 6.92 Å². The molecule has 11 heavy (non-hydrogen) atoms. The SMILES string of the molecule is CCOC(C)C1(N)CC1(C)C. The largest absolute Gasteiger partial charge is 0.377 e. The van der Waals surface area contributed by atoms with E-state index in [4.69, 9.17) is 10.5 Å². The van der Waals surface area contributed by atoms with Gasteiger partial charge < -0.3 is 10.5 Å². The second-order valence-electron chi connectivity index (χ2n) is 4.20. The van der Waals surface area contributed by atoms with Gasteiger partial charge in [0.2, 0.25) is 0 Å². The van der Waals surface area contributed by atoms with E-state index >= 15 is 0 Å². The molecule has 0 spiro atoms. The fourth-order valence-corrected chi connectivity index (χ4v) is 1.78. The van der Waals surface area contributed by atoms with Crippen molar-refractivity contribution in [3.05, 3.63) is 0 Å². The Morgan fingerprint density at radius 1 is 1.55 bits per heavy atom. The summed E-state index contributed by atoms with van der Waals surface area (Å²) in [5.41, 5.74) is 6.34. The summed E-state index contributed by atoms with van der Waals surface area (Å²) in [7, 11) is 0. The van der Waals surface area contributed by atoms with Gasteiger partial charge in [0.05, 0.1) is 6.10 Å². The van der Waals surface area contributed by atoms with Crippen LogP contribution < -0.4 is 5.73 Å². The quantitative estimate of drug-likeness (QED) is 0.674. The van der Waals surface area contributed by atoms with Gasteiger partial charge in [0.1, 0.15) is 0 Å². The summed E-state index contributed by atoms with van der Waals surface area (Å²) in [6.07, 6.45) is 1.28. The van der Waals surface area contributed by atoms with Crippen LogP contribution in [0.5, 0.6) is 0 Å². The molecule has 0 aromatic heterocycles. The van der Waals surface area contributed by atoms with Gasteiger partial charge in [-0.25, -0.2) is 0 Å². The minimum absolute atomic E-state index is 0.0665. The van der Waals surface area contributed by atoms with Gasteiger partial charge in [-0.05, 0) is 25.7 Å². The van der Waals surface area contributed by atoms with Crippen LogP contribution in [0, 0.1) is 5.41 Å². The van der Waals surface area contributed by atoms with Crippen LogP contribution in [0.25, 0.3) is 0 Å². The molecule has 0 saturated heterocycles. The Morgan fingerprint density at radius 2 is 2.00 bits per heavy atom. The third-order valence-corrected chi connectivity index (χ3v) is 3.01. The third-order valence-electron chi connectivity index (χ3n) is 3.01. The predicted octanol–water partition coefficient (Wildman–Crippen LogP) is 1.54. The van der Waals surface area contributed by atoms with Gasteiger partial charge in [-0.3, -0.25) is 0 Å². The summed E-state index contributed by atoms with van der Waals surface area (Å²) in [5.74, 6) is 0. The van der Waals surface area contributed by atoms with E-state index in [0.29, 0.717) is 0 Å². The minimum atomic E-state index is -0.0665. The molecule has 0 aromatic rings. The Hall–Kier alpha value is -0.0800. The average Bonchev–Trinajstić information content (AvgIpc) is 2.35. The normalized spacial score (nSPS) is 36.8. The lowest BCUT2D eigenvalue weighted by Crippen LogP contribution is -2.41. The number of hydrogen-bond acceptors (Lipinski definition) is 2. The van der Waals surface area contributed by atoms with E-state index in [2.05, 4.69) is 20.8 Å². The van der Waals surface area contributed by atoms with Crippen molar-refractivity contribution in [1.29, 1.82) is 0 Å². The molecule has 1 rings (SSSR count). The Balaban J connectivity index is 2.49. The van der Waals surface area contributed by atoms with Crippen molar-refractivity contribution in [2.75, 3.05) is 6.61 Å². The maximum Gasteiger partial charge on any atom is 0.0731 e. The average molecular weight is 157 g/mol. The molecule has 2 nitrogen and oxygen atoms in total. The van der Waals surface area contributed by atoms with Gasteiger partial charge >= 0.3 is 0 Å². The Morgan fingerprint density at radius 3 is 2.27 bits per heavy atom. The molecule has 1 saturated carbocycles. The molecule has 2 unspecified atom stereocenters. The lowest BCUT2D eigenvalue weighted by Gasteiger charge is -2.22. The summed E-state index contributed by atoms with van der Waals surface area (Å²) in [4.78, 5) is 0. The van der Waals surface area contributed by atoms with E-state index in [9.17, 15) is 0 Å². The monoisotopic (exact) mass is 157 g/mol. The first-order valence-electron chi connectivity index (χ1n) is 4.34. The minimum Gasteiger partial charge on any atom is -0.377 e. The van der Waals surface area contributed by atoms with Crippen molar-refractivity contribution >= 4 is 0 Å². The van der Waals surface area contributed by atoms with E-state index in [-0.39, 0.29) is 17.1 Å². The fraction of sp³-hybridized carbons (Fsp3) is 1.00. The van der Waals surface area contributed by atoms with Gasteiger partial charge in [0.25, 0.3) is 0 Å². The Bertz CT molecular complexity index is 156. The number of hydrogen-bond donors (Lipinski definition) is 1. The van der Waals surface area contributed by atoms with Crippen LogP contribution in [0.15, 0.2) is 0 Å². The second kappa shape index (κ2) is 2.46. The van der Waals surface area contributed by atoms with Crippen molar-refractivity contribution in [1.82, 2.24) is 0 Å². The summed E-state index contributed by atoms with van der Waals surface area (Å²) in [6.45, 7) is 9.23. The van der Waals surface area contributed by atoms with E-state index in [1.165, 1.54) is 0 Å². The molecule has 0 amide bonds. The van der Waals surface area contributed by atoms with Gasteiger partial charge in [0, 0.05) is 12.1 Å². The smallest absolute Gasteiger partial charge is 0.0731 e. The molecule has 2 heteroatoms. The molecule has 0 heterocycles. The highest BCUT2D eigenvalue weighted by molar-refractivity contribution is 5.18. The van der Waals surface area contributed by atoms with E-state index < -0.39 is 0 Å². The van der Waals surface area contributed by atoms with Crippen LogP contribution in [0.4, 0.5) is 0 Å². The van der Waals surface area contributed by atoms with Crippen LogP contribution in [0.2, 0.25) is 0 Å². The van der Waals surface area contributed by atoms with Crippen LogP contribution in [0.1, 0.15) is 34.1 Å². The first kappa shape index (κ1) is 9.01. The molecular weight excluding hydrogens is 138 g/mol. The van der Waals surface area contributed by atoms with Gasteiger partial charge in [-0.1, -0.05) is 13.8 Å². The van der Waals surface area contributed by atoms with Gasteiger partial charge in [-0.15, -0.1) is 0 Å². The molecule has 1 aliphatic rings. The van der Waals surface area contributed by atoms with Crippen LogP contribution in [0.3, 0.4) is 0 Å². The summed E-state index contributed by atoms with van der Waals surface area (Å²) in [6, 6.07) is 0. The van der Waals surface area contributed by atoms with Gasteiger partial charge in [-0.2, -0.15) is 0 Å². The summed E-state index contributed by atoms with van der Waals surface area (Å²) < 4.78 is 5.48. The van der Waals surface area contributed by atoms with Crippen molar-refractivity contribution in [3.63, 3.8) is 0 Å². The number of ether oxygens (including phenoxy) is 1. The highest BCUT2D eigenvalue weighted by Crippen LogP contribution is 2.56. The lowest BCUT2D eigenvalue weighted by atomic mass is 10.0. The first-order valence-corrected chi connectivity index (χ1v) is 4.34. The number of nitrogens with two attached hydrogens (primary N) is 1. The fourth-order valence-electron chi connectivity index (χ4n) is 1.78. The highest BCUT2D eigenvalue weighted by Gasteiger charge is 2.61. The lowest BCUT2D eigenvalue weighted by molar-refractivity contribution is 0.0406. The molecule has 0 radical (unpaired) electrons. The third kappa shape index (κ3) is 1.30. The van der Waals surface area contributed by atoms with Gasteiger partial charge in [0.15, 0.2) is 0 Å². The molecule has 0 aromatic carbocycles. The molecular formula is C9H19NO. The zero-order chi connectivity index (χ0) is 8.70. The van der Waals surface area contributed by atoms with Crippen LogP contribution in [-0.4, -0.2) is 18.2 Å². The van der Waals surface area contributed by atoms with E-state index in [1.54, 1.807) is 0 Å². The van der Waals surface area contributed by atoms with Crippen molar-refractivity contribution < 1.29 is 4.74 Å².